The minimum atomic E-state index is -0.866. The number of ether oxygens (including phenoxy) is 1. The van der Waals surface area contributed by atoms with Crippen LogP contribution in [0.1, 0.15) is 37.6 Å². The van der Waals surface area contributed by atoms with Crippen LogP contribution in [0.4, 0.5) is 14.6 Å². The average Bonchev–Trinajstić information content (AvgIpc) is 3.44. The van der Waals surface area contributed by atoms with Gasteiger partial charge in [0.05, 0.1) is 23.1 Å². The molecule has 1 aromatic carbocycles. The van der Waals surface area contributed by atoms with Gasteiger partial charge in [-0.25, -0.2) is 8.78 Å². The van der Waals surface area contributed by atoms with E-state index >= 15 is 0 Å². The van der Waals surface area contributed by atoms with Crippen LogP contribution in [0, 0.1) is 18.3 Å². The Hall–Kier alpha value is -2.83. The topological polar surface area (TPSA) is 77.8 Å². The summed E-state index contributed by atoms with van der Waals surface area (Å²) in [5.74, 6) is -0.909. The highest BCUT2D eigenvalue weighted by atomic mass is 32.2. The second-order valence-corrected chi connectivity index (χ2v) is 8.99. The zero-order valence-corrected chi connectivity index (χ0v) is 17.2. The van der Waals surface area contributed by atoms with Gasteiger partial charge in [-0.3, -0.25) is 9.98 Å². The molecule has 1 aliphatic heterocycles. The molecule has 1 fully saturated rings. The van der Waals surface area contributed by atoms with Crippen molar-refractivity contribution < 1.29 is 13.5 Å². The highest BCUT2D eigenvalue weighted by molar-refractivity contribution is 8.15. The van der Waals surface area contributed by atoms with Crippen LogP contribution in [-0.4, -0.2) is 33.6 Å². The number of halogens is 2. The lowest BCUT2D eigenvalue weighted by molar-refractivity contribution is 0.184. The Bertz CT molecular complexity index is 1100. The van der Waals surface area contributed by atoms with Gasteiger partial charge in [0.1, 0.15) is 17.7 Å². The Morgan fingerprint density at radius 1 is 1.42 bits per heavy atom. The van der Waals surface area contributed by atoms with Crippen molar-refractivity contribution in [2.75, 3.05) is 13.7 Å². The number of benzene rings is 1. The number of aliphatic imine (C=N–C) groups is 1. The Morgan fingerprint density at radius 3 is 2.84 bits per heavy atom. The Balaban J connectivity index is 0.00000272. The summed E-state index contributed by atoms with van der Waals surface area (Å²) in [4.78, 5) is 15.4. The summed E-state index contributed by atoms with van der Waals surface area (Å²) >= 11 is 1.48. The predicted molar refractivity (Wildman–Crippen MR) is 120 cm³/mol. The Kier molecular flexibility index (Phi) is 6.16. The monoisotopic (exact) mass is 443 g/mol. The van der Waals surface area contributed by atoms with Crippen molar-refractivity contribution in [1.82, 2.24) is 9.97 Å². The number of thioether (sulfide) groups is 1. The van der Waals surface area contributed by atoms with E-state index in [4.69, 9.17) is 17.0 Å². The van der Waals surface area contributed by atoms with E-state index in [1.807, 2.05) is 6.92 Å². The van der Waals surface area contributed by atoms with Crippen LogP contribution in [0.5, 0.6) is 0 Å². The van der Waals surface area contributed by atoms with E-state index in [-0.39, 0.29) is 29.6 Å². The van der Waals surface area contributed by atoms with Gasteiger partial charge in [-0.15, -0.1) is 4.98 Å². The maximum Gasteiger partial charge on any atom is 0.287 e. The fourth-order valence-electron chi connectivity index (χ4n) is 4.07. The molecule has 162 valence electrons. The fourth-order valence-corrected chi connectivity index (χ4v) is 5.52. The molecule has 0 amide bonds. The summed E-state index contributed by atoms with van der Waals surface area (Å²) in [7, 11) is 1.63. The molecule has 0 saturated heterocycles. The van der Waals surface area contributed by atoms with Gasteiger partial charge in [0, 0.05) is 18.6 Å². The van der Waals surface area contributed by atoms with Crippen molar-refractivity contribution in [3.8, 4) is 0 Å². The molecule has 1 aromatic heterocycles. The number of nitrogens with two attached hydrogens (primary N) is 1. The molecule has 2 heterocycles. The molecule has 31 heavy (non-hydrogen) atoms. The summed E-state index contributed by atoms with van der Waals surface area (Å²) in [6.45, 7) is 9.25. The molecule has 1 saturated carbocycles. The number of amidine groups is 1. The van der Waals surface area contributed by atoms with Crippen LogP contribution in [0.2, 0.25) is 0 Å². The molecule has 2 aromatic rings. The number of aromatic nitrogens is 2. The molecule has 0 spiro atoms. The average molecular weight is 444 g/mol. The van der Waals surface area contributed by atoms with Crippen LogP contribution in [0.3, 0.4) is 0 Å². The Morgan fingerprint density at radius 2 is 2.19 bits per heavy atom. The summed E-state index contributed by atoms with van der Waals surface area (Å²) in [6, 6.07) is 4.39. The molecule has 0 radical (unpaired) electrons. The standard InChI is InChI=1S/C21H19F2N5OS.CH4/c1-20(17-8-21(17,11-29-3)30-19(24)28-20)13-6-12(4-5-14(13)22)7-15(23)16-9-27-18(25-2)10-26-16;/h4-7,9-10,17H,8,11H2,1,3H3,(H2,24,28);1H4/b15-7-;/t17-,20+,21+;/m0./s1. The highest BCUT2D eigenvalue weighted by Gasteiger charge is 2.66. The lowest BCUT2D eigenvalue weighted by Crippen LogP contribution is -2.37. The normalized spacial score (nSPS) is 26.9. The van der Waals surface area contributed by atoms with Gasteiger partial charge in [0.15, 0.2) is 11.0 Å². The SMILES string of the molecule is C.[C-]#[N+]c1cnc(/C(F)=C/c2ccc(F)c([C@@]3(C)N=C(N)S[C@@]4(COC)C[C@H]43)c2)cn1. The predicted octanol–water partition coefficient (Wildman–Crippen LogP) is 4.95. The van der Waals surface area contributed by atoms with Gasteiger partial charge in [-0.05, 0) is 37.1 Å². The second kappa shape index (κ2) is 8.36. The fraction of sp³-hybridized carbons (Fsp3) is 0.364. The lowest BCUT2D eigenvalue weighted by Gasteiger charge is -2.34. The number of fused-ring (bicyclic) bond motifs is 1. The van der Waals surface area contributed by atoms with Crippen LogP contribution < -0.4 is 5.73 Å². The molecule has 2 aliphatic rings. The first kappa shape index (κ1) is 22.8. The number of methoxy groups -OCH3 is 1. The first-order valence-corrected chi connectivity index (χ1v) is 10.0. The Labute approximate surface area is 184 Å². The molecule has 0 bridgehead atoms. The summed E-state index contributed by atoms with van der Waals surface area (Å²) in [6.07, 6.45) is 4.46. The summed E-state index contributed by atoms with van der Waals surface area (Å²) < 4.78 is 34.7. The highest BCUT2D eigenvalue weighted by Crippen LogP contribution is 2.65. The summed E-state index contributed by atoms with van der Waals surface area (Å²) in [5, 5.41) is 0.394. The van der Waals surface area contributed by atoms with E-state index in [1.165, 1.54) is 42.4 Å². The van der Waals surface area contributed by atoms with Crippen molar-refractivity contribution >= 4 is 34.7 Å². The molecule has 1 aliphatic carbocycles. The molecule has 9 heteroatoms. The molecular weight excluding hydrogens is 420 g/mol. The number of hydrogen-bond donors (Lipinski definition) is 1. The smallest absolute Gasteiger partial charge is 0.287 e. The van der Waals surface area contributed by atoms with Gasteiger partial charge in [0.25, 0.3) is 5.82 Å². The summed E-state index contributed by atoms with van der Waals surface area (Å²) in [5.41, 5.74) is 6.04. The van der Waals surface area contributed by atoms with Crippen LogP contribution in [0.25, 0.3) is 16.7 Å². The van der Waals surface area contributed by atoms with E-state index in [0.29, 0.717) is 22.9 Å². The van der Waals surface area contributed by atoms with Crippen molar-refractivity contribution in [2.24, 2.45) is 16.6 Å². The maximum atomic E-state index is 14.9. The number of rotatable bonds is 5. The van der Waals surface area contributed by atoms with Gasteiger partial charge in [-0.1, -0.05) is 31.8 Å². The van der Waals surface area contributed by atoms with Gasteiger partial charge >= 0.3 is 0 Å². The molecule has 6 nitrogen and oxygen atoms in total. The van der Waals surface area contributed by atoms with E-state index in [1.54, 1.807) is 13.2 Å². The molecule has 2 N–H and O–H groups in total. The third kappa shape index (κ3) is 4.05. The molecule has 4 rings (SSSR count). The minimum absolute atomic E-state index is 0. The third-order valence-corrected chi connectivity index (χ3v) is 6.84. The van der Waals surface area contributed by atoms with Gasteiger partial charge in [0.2, 0.25) is 0 Å². The first-order valence-electron chi connectivity index (χ1n) is 9.22. The van der Waals surface area contributed by atoms with E-state index in [2.05, 4.69) is 19.8 Å². The quantitative estimate of drug-likeness (QED) is 0.662. The van der Waals surface area contributed by atoms with E-state index in [9.17, 15) is 8.78 Å². The van der Waals surface area contributed by atoms with Crippen LogP contribution in [0.15, 0.2) is 35.6 Å². The van der Waals surface area contributed by atoms with Crippen LogP contribution in [-0.2, 0) is 10.3 Å². The lowest BCUT2D eigenvalue weighted by atomic mass is 9.85. The van der Waals surface area contributed by atoms with E-state index < -0.39 is 17.2 Å². The number of hydrogen-bond acceptors (Lipinski definition) is 6. The molecule has 3 atom stereocenters. The van der Waals surface area contributed by atoms with Crippen molar-refractivity contribution in [1.29, 1.82) is 0 Å². The second-order valence-electron chi connectivity index (χ2n) is 7.56. The maximum absolute atomic E-state index is 14.9. The zero-order chi connectivity index (χ0) is 21.5. The third-order valence-electron chi connectivity index (χ3n) is 5.57. The first-order chi connectivity index (χ1) is 14.3. The minimum Gasteiger partial charge on any atom is -0.383 e. The molecule has 0 unspecified atom stereocenters. The van der Waals surface area contributed by atoms with Crippen molar-refractivity contribution in [2.45, 2.75) is 31.1 Å². The molecular formula is C22H23F2N5OS. The van der Waals surface area contributed by atoms with Crippen molar-refractivity contribution in [3.05, 3.63) is 64.6 Å². The van der Waals surface area contributed by atoms with Crippen LogP contribution >= 0.6 is 11.8 Å². The largest absolute Gasteiger partial charge is 0.383 e. The van der Waals surface area contributed by atoms with Crippen molar-refractivity contribution in [3.63, 3.8) is 0 Å². The zero-order valence-electron chi connectivity index (χ0n) is 16.4. The van der Waals surface area contributed by atoms with E-state index in [0.717, 1.165) is 6.42 Å². The van der Waals surface area contributed by atoms with Gasteiger partial charge < -0.3 is 15.3 Å². The number of nitrogens with zero attached hydrogens (tertiary/aromatic N) is 4. The van der Waals surface area contributed by atoms with Gasteiger partial charge in [-0.2, -0.15) is 0 Å².